The number of carboxylic acids is 1. The van der Waals surface area contributed by atoms with Crippen molar-refractivity contribution in [3.8, 4) is 11.1 Å². The molecule has 1 saturated heterocycles. The van der Waals surface area contributed by atoms with Crippen LogP contribution >= 0.6 is 0 Å². The third-order valence-corrected chi connectivity index (χ3v) is 7.23. The van der Waals surface area contributed by atoms with Crippen LogP contribution in [0.25, 0.3) is 11.1 Å². The van der Waals surface area contributed by atoms with E-state index in [1.165, 1.54) is 0 Å². The van der Waals surface area contributed by atoms with Crippen LogP contribution in [0.4, 0.5) is 4.79 Å². The van der Waals surface area contributed by atoms with Crippen LogP contribution in [0.5, 0.6) is 0 Å². The predicted octanol–water partition coefficient (Wildman–Crippen LogP) is 2.91. The third kappa shape index (κ3) is 4.25. The number of ether oxygens (including phenoxy) is 2. The Balaban J connectivity index is 1.23. The van der Waals surface area contributed by atoms with Gasteiger partial charge in [-0.25, -0.2) is 4.79 Å². The number of hydrogen-bond acceptors (Lipinski definition) is 5. The summed E-state index contributed by atoms with van der Waals surface area (Å²) in [6, 6.07) is 16.2. The molecule has 2 aromatic carbocycles. The monoisotopic (exact) mass is 464 g/mol. The molecule has 3 N–H and O–H groups in total. The average Bonchev–Trinajstić information content (AvgIpc) is 3.57. The topological polar surface area (TPSA) is 114 Å². The molecule has 0 bridgehead atoms. The highest BCUT2D eigenvalue weighted by molar-refractivity contribution is 5.90. The molecule has 0 unspecified atom stereocenters. The van der Waals surface area contributed by atoms with E-state index in [-0.39, 0.29) is 30.9 Å². The molecule has 3 aliphatic rings. The minimum atomic E-state index is -1.13. The van der Waals surface area contributed by atoms with Gasteiger partial charge in [0.15, 0.2) is 0 Å². The number of hydrogen-bond donors (Lipinski definition) is 3. The van der Waals surface area contributed by atoms with Crippen molar-refractivity contribution in [2.24, 2.45) is 11.8 Å². The van der Waals surface area contributed by atoms with Gasteiger partial charge in [0.1, 0.15) is 12.1 Å². The van der Waals surface area contributed by atoms with Gasteiger partial charge < -0.3 is 25.2 Å². The molecule has 178 valence electrons. The summed E-state index contributed by atoms with van der Waals surface area (Å²) in [7, 11) is 0. The summed E-state index contributed by atoms with van der Waals surface area (Å²) in [5.74, 6) is -1.69. The Morgan fingerprint density at radius 3 is 2.21 bits per heavy atom. The van der Waals surface area contributed by atoms with E-state index in [2.05, 4.69) is 34.9 Å². The second-order valence-corrected chi connectivity index (χ2v) is 9.30. The highest BCUT2D eigenvalue weighted by Crippen LogP contribution is 2.44. The van der Waals surface area contributed by atoms with Gasteiger partial charge in [0.2, 0.25) is 5.91 Å². The molecule has 2 amide bonds. The predicted molar refractivity (Wildman–Crippen MR) is 123 cm³/mol. The van der Waals surface area contributed by atoms with E-state index in [0.29, 0.717) is 32.5 Å². The van der Waals surface area contributed by atoms with Crippen molar-refractivity contribution >= 4 is 18.0 Å². The van der Waals surface area contributed by atoms with Crippen molar-refractivity contribution < 1.29 is 29.0 Å². The number of carboxylic acid groups (broad SMARTS) is 1. The first kappa shape index (κ1) is 22.4. The summed E-state index contributed by atoms with van der Waals surface area (Å²) in [5, 5.41) is 14.7. The molecular weight excluding hydrogens is 436 g/mol. The largest absolute Gasteiger partial charge is 0.481 e. The van der Waals surface area contributed by atoms with Crippen LogP contribution < -0.4 is 10.6 Å². The van der Waals surface area contributed by atoms with Crippen molar-refractivity contribution in [3.05, 3.63) is 59.7 Å². The highest BCUT2D eigenvalue weighted by Gasteiger charge is 2.46. The number of carbonyl (C=O) groups is 3. The zero-order chi connectivity index (χ0) is 23.7. The first-order valence-corrected chi connectivity index (χ1v) is 11.7. The molecule has 8 heteroatoms. The van der Waals surface area contributed by atoms with E-state index in [9.17, 15) is 14.4 Å². The molecule has 1 heterocycles. The zero-order valence-electron chi connectivity index (χ0n) is 18.8. The average molecular weight is 465 g/mol. The highest BCUT2D eigenvalue weighted by atomic mass is 16.5. The molecule has 34 heavy (non-hydrogen) atoms. The lowest BCUT2D eigenvalue weighted by Gasteiger charge is -2.36. The van der Waals surface area contributed by atoms with Gasteiger partial charge in [0, 0.05) is 38.5 Å². The summed E-state index contributed by atoms with van der Waals surface area (Å²) in [4.78, 5) is 37.0. The number of benzene rings is 2. The second-order valence-electron chi connectivity index (χ2n) is 9.30. The maximum absolute atomic E-state index is 13.1. The molecule has 2 fully saturated rings. The third-order valence-electron chi connectivity index (χ3n) is 7.23. The first-order valence-electron chi connectivity index (χ1n) is 11.7. The van der Waals surface area contributed by atoms with E-state index >= 15 is 0 Å². The lowest BCUT2D eigenvalue weighted by Crippen LogP contribution is -2.61. The van der Waals surface area contributed by atoms with Gasteiger partial charge in [0.25, 0.3) is 0 Å². The molecule has 2 atom stereocenters. The maximum atomic E-state index is 13.1. The van der Waals surface area contributed by atoms with E-state index in [0.717, 1.165) is 22.3 Å². The molecule has 1 aliphatic heterocycles. The van der Waals surface area contributed by atoms with E-state index in [1.54, 1.807) is 0 Å². The lowest BCUT2D eigenvalue weighted by molar-refractivity contribution is -0.139. The summed E-state index contributed by atoms with van der Waals surface area (Å²) in [6.45, 7) is 1.14. The SMILES string of the molecule is O=C(NC1(C(=O)NC[C@H]2C[C@H]2C(=O)O)CCOCC1)OCC1c2ccccc2-c2ccccc21. The van der Waals surface area contributed by atoms with Crippen LogP contribution in [-0.2, 0) is 19.1 Å². The standard InChI is InChI=1S/C26H28N2O6/c29-23(30)21-13-16(21)14-27-24(31)26(9-11-33-12-10-26)28-25(32)34-15-22-19-7-3-1-5-17(19)18-6-2-4-8-20(18)22/h1-8,16,21-22H,9-15H2,(H,27,31)(H,28,32)(H,29,30)/t16-,21-/m1/s1. The summed E-state index contributed by atoms with van der Waals surface area (Å²) in [5.41, 5.74) is 3.40. The summed E-state index contributed by atoms with van der Waals surface area (Å²) >= 11 is 0. The second kappa shape index (κ2) is 9.10. The number of fused-ring (bicyclic) bond motifs is 3. The fraction of sp³-hybridized carbons (Fsp3) is 0.423. The lowest BCUT2D eigenvalue weighted by atomic mass is 9.89. The summed E-state index contributed by atoms with van der Waals surface area (Å²) < 4.78 is 11.1. The minimum Gasteiger partial charge on any atom is -0.481 e. The molecule has 5 rings (SSSR count). The molecule has 2 aromatic rings. The van der Waals surface area contributed by atoms with E-state index in [4.69, 9.17) is 14.6 Å². The smallest absolute Gasteiger partial charge is 0.408 e. The van der Waals surface area contributed by atoms with Crippen molar-refractivity contribution in [3.63, 3.8) is 0 Å². The number of aliphatic carboxylic acids is 1. The van der Waals surface area contributed by atoms with E-state index in [1.807, 2.05) is 24.3 Å². The Morgan fingerprint density at radius 2 is 1.62 bits per heavy atom. The van der Waals surface area contributed by atoms with Crippen LogP contribution in [0.15, 0.2) is 48.5 Å². The van der Waals surface area contributed by atoms with Crippen molar-refractivity contribution in [1.29, 1.82) is 0 Å². The fourth-order valence-corrected chi connectivity index (χ4v) is 5.13. The van der Waals surface area contributed by atoms with Crippen molar-refractivity contribution in [1.82, 2.24) is 10.6 Å². The molecule has 0 radical (unpaired) electrons. The van der Waals surface area contributed by atoms with Gasteiger partial charge >= 0.3 is 12.1 Å². The van der Waals surface area contributed by atoms with Crippen molar-refractivity contribution in [2.75, 3.05) is 26.4 Å². The summed E-state index contributed by atoms with van der Waals surface area (Å²) in [6.07, 6.45) is 0.575. The molecule has 2 aliphatic carbocycles. The first-order chi connectivity index (χ1) is 16.5. The Hall–Kier alpha value is -3.39. The Bertz CT molecular complexity index is 1060. The van der Waals surface area contributed by atoms with Crippen LogP contribution in [0.3, 0.4) is 0 Å². The Labute approximate surface area is 197 Å². The molecule has 0 aromatic heterocycles. The number of rotatable bonds is 7. The van der Waals surface area contributed by atoms with Crippen LogP contribution in [-0.4, -0.2) is 55.0 Å². The molecular formula is C26H28N2O6. The number of nitrogens with one attached hydrogen (secondary N) is 2. The fourth-order valence-electron chi connectivity index (χ4n) is 5.13. The Kier molecular flexibility index (Phi) is 6.00. The maximum Gasteiger partial charge on any atom is 0.408 e. The minimum absolute atomic E-state index is 0.0622. The van der Waals surface area contributed by atoms with Crippen LogP contribution in [0.2, 0.25) is 0 Å². The number of carbonyl (C=O) groups excluding carboxylic acids is 2. The van der Waals surface area contributed by atoms with Crippen molar-refractivity contribution in [2.45, 2.75) is 30.7 Å². The van der Waals surface area contributed by atoms with Gasteiger partial charge in [-0.05, 0) is 34.6 Å². The Morgan fingerprint density at radius 1 is 1.00 bits per heavy atom. The van der Waals surface area contributed by atoms with Gasteiger partial charge in [-0.15, -0.1) is 0 Å². The molecule has 0 spiro atoms. The van der Waals surface area contributed by atoms with Crippen LogP contribution in [0, 0.1) is 11.8 Å². The van der Waals surface area contributed by atoms with Gasteiger partial charge in [0.05, 0.1) is 5.92 Å². The van der Waals surface area contributed by atoms with E-state index < -0.39 is 23.5 Å². The van der Waals surface area contributed by atoms with Crippen LogP contribution in [0.1, 0.15) is 36.3 Å². The normalized spacial score (nSPS) is 22.2. The van der Waals surface area contributed by atoms with Gasteiger partial charge in [-0.3, -0.25) is 9.59 Å². The number of alkyl carbamates (subject to hydrolysis) is 1. The van der Waals surface area contributed by atoms with Gasteiger partial charge in [-0.2, -0.15) is 0 Å². The number of amides is 2. The molecule has 1 saturated carbocycles. The molecule has 8 nitrogen and oxygen atoms in total. The van der Waals surface area contributed by atoms with Gasteiger partial charge in [-0.1, -0.05) is 48.5 Å². The quantitative estimate of drug-likeness (QED) is 0.581. The zero-order valence-corrected chi connectivity index (χ0v) is 18.8.